The Morgan fingerprint density at radius 2 is 1.68 bits per heavy atom. The molecule has 0 bridgehead atoms. The normalized spacial score (nSPS) is 16.2. The van der Waals surface area contributed by atoms with Gasteiger partial charge in [-0.05, 0) is 54.7 Å². The van der Waals surface area contributed by atoms with Crippen LogP contribution in [0.5, 0.6) is 0 Å². The van der Waals surface area contributed by atoms with Gasteiger partial charge in [-0.25, -0.2) is 0 Å². The fourth-order valence-electron chi connectivity index (χ4n) is 3.41. The molecule has 1 aliphatic carbocycles. The summed E-state index contributed by atoms with van der Waals surface area (Å²) < 4.78 is 43.2. The first kappa shape index (κ1) is 17.5. The summed E-state index contributed by atoms with van der Waals surface area (Å²) in [5.41, 5.74) is 2.04. The minimum absolute atomic E-state index is 0.247. The molecule has 25 heavy (non-hydrogen) atoms. The molecule has 0 N–H and O–H groups in total. The zero-order valence-corrected chi connectivity index (χ0v) is 14.1. The van der Waals surface area contributed by atoms with Gasteiger partial charge in [-0.1, -0.05) is 36.2 Å². The van der Waals surface area contributed by atoms with Crippen molar-refractivity contribution >= 4 is 5.97 Å². The van der Waals surface area contributed by atoms with Crippen LogP contribution in [0.3, 0.4) is 0 Å². The van der Waals surface area contributed by atoms with E-state index in [9.17, 15) is 18.0 Å². The van der Waals surface area contributed by atoms with Gasteiger partial charge in [-0.3, -0.25) is 4.79 Å². The fourth-order valence-corrected chi connectivity index (χ4v) is 3.41. The Morgan fingerprint density at radius 1 is 1.04 bits per heavy atom. The predicted molar refractivity (Wildman–Crippen MR) is 89.2 cm³/mol. The average molecular weight is 348 g/mol. The molecule has 3 rings (SSSR count). The van der Waals surface area contributed by atoms with Gasteiger partial charge in [0.15, 0.2) is 0 Å². The second kappa shape index (κ2) is 6.21. The summed E-state index contributed by atoms with van der Waals surface area (Å²) in [5.74, 6) is -0.247. The van der Waals surface area contributed by atoms with Gasteiger partial charge < -0.3 is 4.74 Å². The molecule has 0 saturated heterocycles. The lowest BCUT2D eigenvalue weighted by atomic mass is 9.64. The van der Waals surface area contributed by atoms with Crippen LogP contribution in [0.2, 0.25) is 0 Å². The van der Waals surface area contributed by atoms with Crippen LogP contribution in [0.15, 0.2) is 42.5 Å². The second-order valence-electron chi connectivity index (χ2n) is 6.59. The summed E-state index contributed by atoms with van der Waals surface area (Å²) in [7, 11) is 1.38. The summed E-state index contributed by atoms with van der Waals surface area (Å²) >= 11 is 0. The maximum Gasteiger partial charge on any atom is 0.416 e. The summed E-state index contributed by atoms with van der Waals surface area (Å²) in [6, 6.07) is 10.9. The SMILES string of the molecule is COC(=O)C1(c2cc(C)cc(-c3ccc(C(F)(F)F)cc3)c2)CCC1. The van der Waals surface area contributed by atoms with Crippen LogP contribution in [-0.2, 0) is 21.1 Å². The van der Waals surface area contributed by atoms with Gasteiger partial charge >= 0.3 is 12.1 Å². The van der Waals surface area contributed by atoms with Crippen molar-refractivity contribution in [3.8, 4) is 11.1 Å². The molecule has 1 aliphatic rings. The smallest absolute Gasteiger partial charge is 0.416 e. The van der Waals surface area contributed by atoms with Gasteiger partial charge in [-0.2, -0.15) is 13.2 Å². The molecule has 1 saturated carbocycles. The summed E-state index contributed by atoms with van der Waals surface area (Å²) in [6.07, 6.45) is -1.93. The van der Waals surface area contributed by atoms with Crippen LogP contribution in [0.25, 0.3) is 11.1 Å². The molecular weight excluding hydrogens is 329 g/mol. The molecule has 2 aromatic carbocycles. The molecule has 2 nitrogen and oxygen atoms in total. The quantitative estimate of drug-likeness (QED) is 0.706. The number of esters is 1. The highest BCUT2D eigenvalue weighted by Crippen LogP contribution is 2.46. The number of rotatable bonds is 3. The molecule has 0 atom stereocenters. The lowest BCUT2D eigenvalue weighted by molar-refractivity contribution is -0.151. The van der Waals surface area contributed by atoms with Gasteiger partial charge in [0.2, 0.25) is 0 Å². The molecule has 0 radical (unpaired) electrons. The van der Waals surface area contributed by atoms with Crippen molar-refractivity contribution in [1.82, 2.24) is 0 Å². The highest BCUT2D eigenvalue weighted by atomic mass is 19.4. The highest BCUT2D eigenvalue weighted by molar-refractivity contribution is 5.85. The Kier molecular flexibility index (Phi) is 4.35. The zero-order valence-electron chi connectivity index (χ0n) is 14.1. The van der Waals surface area contributed by atoms with Crippen molar-refractivity contribution in [3.05, 3.63) is 59.2 Å². The summed E-state index contributed by atoms with van der Waals surface area (Å²) in [5, 5.41) is 0. The molecule has 0 heterocycles. The van der Waals surface area contributed by atoms with E-state index in [0.29, 0.717) is 5.56 Å². The molecule has 0 unspecified atom stereocenters. The molecule has 5 heteroatoms. The first-order valence-electron chi connectivity index (χ1n) is 8.14. The molecule has 0 aromatic heterocycles. The Bertz CT molecular complexity index is 788. The molecule has 1 fully saturated rings. The number of methoxy groups -OCH3 is 1. The molecule has 0 amide bonds. The van der Waals surface area contributed by atoms with Gasteiger partial charge in [0.1, 0.15) is 0 Å². The highest BCUT2D eigenvalue weighted by Gasteiger charge is 2.47. The minimum Gasteiger partial charge on any atom is -0.468 e. The molecule has 132 valence electrons. The number of aryl methyl sites for hydroxylation is 1. The van der Waals surface area contributed by atoms with E-state index in [0.717, 1.165) is 48.1 Å². The number of halogens is 3. The standard InChI is InChI=1S/C20H19F3O2/c1-13-10-15(14-4-6-16(7-5-14)20(21,22)23)12-17(11-13)19(8-3-9-19)18(24)25-2/h4-7,10-12H,3,8-9H2,1-2H3. The number of alkyl halides is 3. The van der Waals surface area contributed by atoms with E-state index in [-0.39, 0.29) is 5.97 Å². The van der Waals surface area contributed by atoms with E-state index >= 15 is 0 Å². The third-order valence-electron chi connectivity index (χ3n) is 4.96. The van der Waals surface area contributed by atoms with Crippen molar-refractivity contribution in [2.75, 3.05) is 7.11 Å². The van der Waals surface area contributed by atoms with E-state index in [1.54, 1.807) is 0 Å². The molecular formula is C20H19F3O2. The molecule has 0 spiro atoms. The van der Waals surface area contributed by atoms with E-state index in [1.165, 1.54) is 19.2 Å². The van der Waals surface area contributed by atoms with Crippen LogP contribution >= 0.6 is 0 Å². The van der Waals surface area contributed by atoms with Gasteiger partial charge in [-0.15, -0.1) is 0 Å². The summed E-state index contributed by atoms with van der Waals surface area (Å²) in [4.78, 5) is 12.3. The van der Waals surface area contributed by atoms with Crippen molar-refractivity contribution in [2.45, 2.75) is 37.8 Å². The van der Waals surface area contributed by atoms with E-state index in [2.05, 4.69) is 0 Å². The first-order chi connectivity index (χ1) is 11.8. The predicted octanol–water partition coefficient (Wildman–Crippen LogP) is 5.28. The topological polar surface area (TPSA) is 26.3 Å². The number of carbonyl (C=O) groups excluding carboxylic acids is 1. The van der Waals surface area contributed by atoms with Crippen molar-refractivity contribution in [2.24, 2.45) is 0 Å². The zero-order chi connectivity index (χ0) is 18.2. The Labute approximate surface area is 144 Å². The van der Waals surface area contributed by atoms with Crippen LogP contribution < -0.4 is 0 Å². The monoisotopic (exact) mass is 348 g/mol. The fraction of sp³-hybridized carbons (Fsp3) is 0.350. The average Bonchev–Trinajstić information content (AvgIpc) is 2.52. The lowest BCUT2D eigenvalue weighted by Crippen LogP contribution is -2.43. The van der Waals surface area contributed by atoms with Crippen LogP contribution in [-0.4, -0.2) is 13.1 Å². The second-order valence-corrected chi connectivity index (χ2v) is 6.59. The van der Waals surface area contributed by atoms with Gasteiger partial charge in [0.25, 0.3) is 0 Å². The van der Waals surface area contributed by atoms with Crippen molar-refractivity contribution in [1.29, 1.82) is 0 Å². The largest absolute Gasteiger partial charge is 0.468 e. The maximum absolute atomic E-state index is 12.7. The van der Waals surface area contributed by atoms with Crippen molar-refractivity contribution < 1.29 is 22.7 Å². The third-order valence-corrected chi connectivity index (χ3v) is 4.96. The number of benzene rings is 2. The Balaban J connectivity index is 2.01. The lowest BCUT2D eigenvalue weighted by Gasteiger charge is -2.39. The number of ether oxygens (including phenoxy) is 1. The van der Waals surface area contributed by atoms with E-state index < -0.39 is 17.2 Å². The Hall–Kier alpha value is -2.30. The van der Waals surface area contributed by atoms with Crippen LogP contribution in [0.4, 0.5) is 13.2 Å². The minimum atomic E-state index is -4.35. The molecule has 0 aliphatic heterocycles. The maximum atomic E-state index is 12.7. The van der Waals surface area contributed by atoms with E-state index in [1.807, 2.05) is 25.1 Å². The summed E-state index contributed by atoms with van der Waals surface area (Å²) in [6.45, 7) is 1.92. The Morgan fingerprint density at radius 3 is 2.16 bits per heavy atom. The van der Waals surface area contributed by atoms with E-state index in [4.69, 9.17) is 4.74 Å². The number of hydrogen-bond acceptors (Lipinski definition) is 2. The first-order valence-corrected chi connectivity index (χ1v) is 8.14. The molecule has 2 aromatic rings. The van der Waals surface area contributed by atoms with Crippen molar-refractivity contribution in [3.63, 3.8) is 0 Å². The number of carbonyl (C=O) groups is 1. The third kappa shape index (κ3) is 3.15. The van der Waals surface area contributed by atoms with Gasteiger partial charge in [0, 0.05) is 0 Å². The number of hydrogen-bond donors (Lipinski definition) is 0. The van der Waals surface area contributed by atoms with Gasteiger partial charge in [0.05, 0.1) is 18.1 Å². The van der Waals surface area contributed by atoms with Crippen LogP contribution in [0, 0.1) is 6.92 Å². The van der Waals surface area contributed by atoms with Crippen LogP contribution in [0.1, 0.15) is 36.0 Å².